The van der Waals surface area contributed by atoms with Crippen LogP contribution in [0.1, 0.15) is 12.0 Å². The highest BCUT2D eigenvalue weighted by Gasteiger charge is 2.14. The van der Waals surface area contributed by atoms with Crippen LogP contribution in [0.15, 0.2) is 48.1 Å². The smallest absolute Gasteiger partial charge is 0.245 e. The Hall–Kier alpha value is -1.83. The Bertz CT molecular complexity index is 415. The molecule has 1 aromatic carbocycles. The number of nitrogens with two attached hydrogens (primary N) is 1. The molecule has 1 amide bonds. The first-order chi connectivity index (χ1) is 6.79. The topological polar surface area (TPSA) is 43.1 Å². The lowest BCUT2D eigenvalue weighted by atomic mass is 10.0. The van der Waals surface area contributed by atoms with Crippen LogP contribution in [0.2, 0.25) is 0 Å². The summed E-state index contributed by atoms with van der Waals surface area (Å²) in [6.07, 6.45) is 4.57. The summed E-state index contributed by atoms with van der Waals surface area (Å²) in [5, 5.41) is 0. The molecule has 2 rings (SSSR count). The van der Waals surface area contributed by atoms with Crippen molar-refractivity contribution in [3.63, 3.8) is 0 Å². The fourth-order valence-corrected chi connectivity index (χ4v) is 1.63. The third-order valence-corrected chi connectivity index (χ3v) is 2.31. The normalized spacial score (nSPS) is 14.9. The number of allylic oxidation sites excluding steroid dienone is 3. The van der Waals surface area contributed by atoms with Crippen molar-refractivity contribution in [2.24, 2.45) is 5.73 Å². The van der Waals surface area contributed by atoms with Crippen molar-refractivity contribution >= 4 is 11.5 Å². The van der Waals surface area contributed by atoms with Gasteiger partial charge in [0.15, 0.2) is 0 Å². The number of benzene rings is 1. The zero-order valence-electron chi connectivity index (χ0n) is 7.73. The van der Waals surface area contributed by atoms with E-state index in [0.29, 0.717) is 12.0 Å². The molecule has 14 heavy (non-hydrogen) atoms. The first-order valence-electron chi connectivity index (χ1n) is 4.54. The van der Waals surface area contributed by atoms with Crippen LogP contribution >= 0.6 is 0 Å². The summed E-state index contributed by atoms with van der Waals surface area (Å²) < 4.78 is 0. The summed E-state index contributed by atoms with van der Waals surface area (Å²) in [5.41, 5.74) is 8.00. The number of carbonyl (C=O) groups is 1. The largest absolute Gasteiger partial charge is 0.366 e. The first kappa shape index (κ1) is 8.75. The number of primary amides is 1. The maximum atomic E-state index is 11.1. The standard InChI is InChI=1S/C12H11NO/c13-12(14)11-8-4-7-10(11)9-5-2-1-3-6-9/h1-7H,8H2,(H2,13,14). The predicted molar refractivity (Wildman–Crippen MR) is 56.3 cm³/mol. The van der Waals surface area contributed by atoms with E-state index in [1.165, 1.54) is 0 Å². The second kappa shape index (κ2) is 3.50. The van der Waals surface area contributed by atoms with Gasteiger partial charge in [-0.2, -0.15) is 0 Å². The second-order valence-electron chi connectivity index (χ2n) is 3.23. The van der Waals surface area contributed by atoms with Gasteiger partial charge in [0.2, 0.25) is 5.91 Å². The summed E-state index contributed by atoms with van der Waals surface area (Å²) in [5.74, 6) is -0.325. The molecule has 1 aliphatic carbocycles. The predicted octanol–water partition coefficient (Wildman–Crippen LogP) is 1.89. The highest BCUT2D eigenvalue weighted by molar-refractivity contribution is 6.04. The molecule has 0 atom stereocenters. The molecule has 0 aromatic heterocycles. The lowest BCUT2D eigenvalue weighted by Gasteiger charge is -2.03. The molecule has 0 spiro atoms. The van der Waals surface area contributed by atoms with Gasteiger partial charge in [0, 0.05) is 5.57 Å². The van der Waals surface area contributed by atoms with E-state index < -0.39 is 0 Å². The van der Waals surface area contributed by atoms with Gasteiger partial charge in [0.25, 0.3) is 0 Å². The Morgan fingerprint density at radius 3 is 2.57 bits per heavy atom. The Kier molecular flexibility index (Phi) is 2.19. The highest BCUT2D eigenvalue weighted by atomic mass is 16.1. The summed E-state index contributed by atoms with van der Waals surface area (Å²) in [6, 6.07) is 9.81. The van der Waals surface area contributed by atoms with Crippen LogP contribution in [0.3, 0.4) is 0 Å². The summed E-state index contributed by atoms with van der Waals surface area (Å²) in [6.45, 7) is 0. The van der Waals surface area contributed by atoms with E-state index in [1.807, 2.05) is 42.5 Å². The minimum atomic E-state index is -0.325. The number of rotatable bonds is 2. The monoisotopic (exact) mass is 185 g/mol. The molecule has 1 aliphatic rings. The van der Waals surface area contributed by atoms with Crippen LogP contribution in [-0.2, 0) is 4.79 Å². The van der Waals surface area contributed by atoms with Crippen LogP contribution in [0, 0.1) is 0 Å². The van der Waals surface area contributed by atoms with Gasteiger partial charge in [-0.25, -0.2) is 0 Å². The molecule has 2 nitrogen and oxygen atoms in total. The Balaban J connectivity index is 2.47. The van der Waals surface area contributed by atoms with Crippen molar-refractivity contribution < 1.29 is 4.79 Å². The summed E-state index contributed by atoms with van der Waals surface area (Å²) in [7, 11) is 0. The molecule has 0 aliphatic heterocycles. The lowest BCUT2D eigenvalue weighted by molar-refractivity contribution is -0.114. The fourth-order valence-electron chi connectivity index (χ4n) is 1.63. The van der Waals surface area contributed by atoms with Crippen molar-refractivity contribution in [1.82, 2.24) is 0 Å². The summed E-state index contributed by atoms with van der Waals surface area (Å²) in [4.78, 5) is 11.1. The zero-order chi connectivity index (χ0) is 9.97. The third-order valence-electron chi connectivity index (χ3n) is 2.31. The molecule has 0 radical (unpaired) electrons. The van der Waals surface area contributed by atoms with E-state index in [-0.39, 0.29) is 5.91 Å². The molecule has 0 saturated carbocycles. The third kappa shape index (κ3) is 1.46. The quantitative estimate of drug-likeness (QED) is 0.751. The molecule has 0 unspecified atom stereocenters. The molecule has 1 aromatic rings. The SMILES string of the molecule is NC(=O)C1=C(c2ccccc2)C=CC1. The van der Waals surface area contributed by atoms with Crippen molar-refractivity contribution in [2.75, 3.05) is 0 Å². The average molecular weight is 185 g/mol. The van der Waals surface area contributed by atoms with Crippen LogP contribution < -0.4 is 5.73 Å². The number of amides is 1. The van der Waals surface area contributed by atoms with E-state index in [0.717, 1.165) is 11.1 Å². The molecule has 0 fully saturated rings. The van der Waals surface area contributed by atoms with Gasteiger partial charge in [-0.05, 0) is 17.6 Å². The van der Waals surface area contributed by atoms with Crippen molar-refractivity contribution in [1.29, 1.82) is 0 Å². The van der Waals surface area contributed by atoms with Crippen LogP contribution in [0.25, 0.3) is 5.57 Å². The van der Waals surface area contributed by atoms with Gasteiger partial charge in [0.1, 0.15) is 0 Å². The van der Waals surface area contributed by atoms with E-state index in [9.17, 15) is 4.79 Å². The van der Waals surface area contributed by atoms with E-state index in [2.05, 4.69) is 0 Å². The number of hydrogen-bond donors (Lipinski definition) is 1. The van der Waals surface area contributed by atoms with E-state index in [4.69, 9.17) is 5.73 Å². The van der Waals surface area contributed by atoms with Gasteiger partial charge in [0.05, 0.1) is 0 Å². The first-order valence-corrected chi connectivity index (χ1v) is 4.54. The van der Waals surface area contributed by atoms with Gasteiger partial charge >= 0.3 is 0 Å². The molecule has 2 N–H and O–H groups in total. The Morgan fingerprint density at radius 1 is 1.21 bits per heavy atom. The molecular formula is C12H11NO. The summed E-state index contributed by atoms with van der Waals surface area (Å²) >= 11 is 0. The lowest BCUT2D eigenvalue weighted by Crippen LogP contribution is -2.13. The minimum Gasteiger partial charge on any atom is -0.366 e. The molecule has 0 bridgehead atoms. The van der Waals surface area contributed by atoms with Gasteiger partial charge in [-0.15, -0.1) is 0 Å². The molecule has 70 valence electrons. The zero-order valence-corrected chi connectivity index (χ0v) is 7.73. The molecular weight excluding hydrogens is 174 g/mol. The maximum Gasteiger partial charge on any atom is 0.245 e. The van der Waals surface area contributed by atoms with Crippen molar-refractivity contribution in [3.05, 3.63) is 53.6 Å². The average Bonchev–Trinajstić information content (AvgIpc) is 2.67. The fraction of sp³-hybridized carbons (Fsp3) is 0.0833. The van der Waals surface area contributed by atoms with Gasteiger partial charge in [-0.1, -0.05) is 42.5 Å². The Morgan fingerprint density at radius 2 is 1.93 bits per heavy atom. The van der Waals surface area contributed by atoms with Crippen LogP contribution in [-0.4, -0.2) is 5.91 Å². The molecule has 0 heterocycles. The van der Waals surface area contributed by atoms with Crippen molar-refractivity contribution in [3.8, 4) is 0 Å². The maximum absolute atomic E-state index is 11.1. The molecule has 2 heteroatoms. The highest BCUT2D eigenvalue weighted by Crippen LogP contribution is 2.27. The van der Waals surface area contributed by atoms with E-state index >= 15 is 0 Å². The molecule has 0 saturated heterocycles. The van der Waals surface area contributed by atoms with Gasteiger partial charge in [-0.3, -0.25) is 4.79 Å². The number of carbonyl (C=O) groups excluding carboxylic acids is 1. The van der Waals surface area contributed by atoms with E-state index in [1.54, 1.807) is 0 Å². The Labute approximate surface area is 82.7 Å². The number of hydrogen-bond acceptors (Lipinski definition) is 1. The van der Waals surface area contributed by atoms with Crippen LogP contribution in [0.5, 0.6) is 0 Å². The van der Waals surface area contributed by atoms with Crippen molar-refractivity contribution in [2.45, 2.75) is 6.42 Å². The second-order valence-corrected chi connectivity index (χ2v) is 3.23. The van der Waals surface area contributed by atoms with Crippen LogP contribution in [0.4, 0.5) is 0 Å². The van der Waals surface area contributed by atoms with Gasteiger partial charge < -0.3 is 5.73 Å². The minimum absolute atomic E-state index is 0.325.